The molecular formula is C8H19N3O3. The van der Waals surface area contributed by atoms with Crippen LogP contribution in [0.2, 0.25) is 0 Å². The van der Waals surface area contributed by atoms with Crippen LogP contribution in [0, 0.1) is 0 Å². The van der Waals surface area contributed by atoms with Gasteiger partial charge in [0.25, 0.3) is 0 Å². The van der Waals surface area contributed by atoms with E-state index in [0.717, 1.165) is 0 Å². The zero-order valence-electron chi connectivity index (χ0n) is 8.56. The van der Waals surface area contributed by atoms with Gasteiger partial charge in [0.05, 0.1) is 19.8 Å². The molecule has 0 unspecified atom stereocenters. The number of aliphatic hydroxyl groups excluding tert-OH is 3. The van der Waals surface area contributed by atoms with Crippen molar-refractivity contribution < 1.29 is 15.3 Å². The van der Waals surface area contributed by atoms with E-state index in [1.807, 2.05) is 13.8 Å². The third-order valence-corrected chi connectivity index (χ3v) is 1.70. The average Bonchev–Trinajstić information content (AvgIpc) is 2.13. The first-order chi connectivity index (χ1) is 6.49. The van der Waals surface area contributed by atoms with Gasteiger partial charge in [-0.15, -0.1) is 0 Å². The minimum atomic E-state index is -1.21. The average molecular weight is 205 g/mol. The highest BCUT2D eigenvalue weighted by molar-refractivity contribution is 5.78. The van der Waals surface area contributed by atoms with Crippen LogP contribution in [0.15, 0.2) is 4.99 Å². The largest absolute Gasteiger partial charge is 0.394 e. The minimum absolute atomic E-state index is 0.0104. The zero-order valence-corrected chi connectivity index (χ0v) is 8.56. The van der Waals surface area contributed by atoms with E-state index in [-0.39, 0.29) is 12.0 Å². The Morgan fingerprint density at radius 3 is 2.00 bits per heavy atom. The van der Waals surface area contributed by atoms with Gasteiger partial charge in [0.1, 0.15) is 5.54 Å². The molecule has 0 aromatic rings. The van der Waals surface area contributed by atoms with Crippen LogP contribution in [0.5, 0.6) is 0 Å². The van der Waals surface area contributed by atoms with E-state index in [2.05, 4.69) is 10.3 Å². The van der Waals surface area contributed by atoms with E-state index >= 15 is 0 Å². The van der Waals surface area contributed by atoms with Gasteiger partial charge in [0, 0.05) is 6.04 Å². The predicted octanol–water partition coefficient (Wildman–Crippen LogP) is -1.99. The van der Waals surface area contributed by atoms with Crippen molar-refractivity contribution in [3.8, 4) is 0 Å². The van der Waals surface area contributed by atoms with Crippen molar-refractivity contribution in [3.63, 3.8) is 0 Å². The van der Waals surface area contributed by atoms with Gasteiger partial charge in [-0.1, -0.05) is 0 Å². The van der Waals surface area contributed by atoms with Gasteiger partial charge in [0.2, 0.25) is 0 Å². The minimum Gasteiger partial charge on any atom is -0.394 e. The number of aliphatic hydroxyl groups is 3. The lowest BCUT2D eigenvalue weighted by molar-refractivity contribution is 0.0555. The van der Waals surface area contributed by atoms with Crippen molar-refractivity contribution in [2.45, 2.75) is 25.4 Å². The van der Waals surface area contributed by atoms with Crippen LogP contribution < -0.4 is 11.1 Å². The number of guanidine groups is 1. The summed E-state index contributed by atoms with van der Waals surface area (Å²) in [5, 5.41) is 29.5. The van der Waals surface area contributed by atoms with Gasteiger partial charge in [-0.2, -0.15) is 0 Å². The quantitative estimate of drug-likeness (QED) is 0.264. The van der Waals surface area contributed by atoms with Crippen LogP contribution in [0.25, 0.3) is 0 Å². The van der Waals surface area contributed by atoms with E-state index in [9.17, 15) is 0 Å². The third kappa shape index (κ3) is 3.91. The predicted molar refractivity (Wildman–Crippen MR) is 53.9 cm³/mol. The molecule has 0 aromatic carbocycles. The fourth-order valence-electron chi connectivity index (χ4n) is 0.851. The van der Waals surface area contributed by atoms with Gasteiger partial charge >= 0.3 is 0 Å². The molecule has 14 heavy (non-hydrogen) atoms. The Balaban J connectivity index is 4.44. The Morgan fingerprint density at radius 1 is 1.29 bits per heavy atom. The summed E-state index contributed by atoms with van der Waals surface area (Å²) in [4.78, 5) is 3.96. The molecule has 0 aliphatic carbocycles. The number of nitrogens with one attached hydrogen (secondary N) is 1. The van der Waals surface area contributed by atoms with Crippen molar-refractivity contribution in [2.24, 2.45) is 10.7 Å². The third-order valence-electron chi connectivity index (χ3n) is 1.70. The Kier molecular flexibility index (Phi) is 5.44. The fraction of sp³-hybridized carbons (Fsp3) is 0.875. The van der Waals surface area contributed by atoms with Crippen LogP contribution in [0.1, 0.15) is 13.8 Å². The normalized spacial score (nSPS) is 13.4. The fourth-order valence-corrected chi connectivity index (χ4v) is 0.851. The van der Waals surface area contributed by atoms with Crippen molar-refractivity contribution in [2.75, 3.05) is 19.8 Å². The maximum absolute atomic E-state index is 8.97. The number of hydrogen-bond donors (Lipinski definition) is 5. The maximum Gasteiger partial charge on any atom is 0.189 e. The van der Waals surface area contributed by atoms with Crippen molar-refractivity contribution >= 4 is 5.96 Å². The second-order valence-electron chi connectivity index (χ2n) is 3.49. The molecular weight excluding hydrogens is 186 g/mol. The van der Waals surface area contributed by atoms with Crippen molar-refractivity contribution in [3.05, 3.63) is 0 Å². The molecule has 6 nitrogen and oxygen atoms in total. The molecule has 0 aliphatic heterocycles. The van der Waals surface area contributed by atoms with Crippen LogP contribution in [-0.2, 0) is 0 Å². The molecule has 0 aliphatic rings. The van der Waals surface area contributed by atoms with Crippen LogP contribution in [0.4, 0.5) is 0 Å². The van der Waals surface area contributed by atoms with E-state index in [1.165, 1.54) is 0 Å². The Labute approximate surface area is 83.5 Å². The smallest absolute Gasteiger partial charge is 0.189 e. The molecule has 6 N–H and O–H groups in total. The number of aliphatic imine (C=N–C) groups is 1. The summed E-state index contributed by atoms with van der Waals surface area (Å²) in [6.45, 7) is 2.41. The number of nitrogens with zero attached hydrogens (tertiary/aromatic N) is 1. The Morgan fingerprint density at radius 2 is 1.71 bits per heavy atom. The molecule has 84 valence electrons. The summed E-state index contributed by atoms with van der Waals surface area (Å²) in [6.07, 6.45) is 0. The van der Waals surface area contributed by atoms with Crippen LogP contribution in [-0.4, -0.2) is 52.7 Å². The summed E-state index contributed by atoms with van der Waals surface area (Å²) >= 11 is 0. The molecule has 0 radical (unpaired) electrons. The van der Waals surface area contributed by atoms with E-state index in [1.54, 1.807) is 0 Å². The molecule has 0 saturated carbocycles. The molecule has 0 fully saturated rings. The Hall–Kier alpha value is -0.850. The standard InChI is InChI=1S/C8H19N3O3/c1-6(2)10-7(9)11-8(3-12,4-13)5-14/h6,12-14H,3-5H2,1-2H3,(H3,9,10,11). The topological polar surface area (TPSA) is 111 Å². The van der Waals surface area contributed by atoms with Crippen molar-refractivity contribution in [1.82, 2.24) is 5.32 Å². The lowest BCUT2D eigenvalue weighted by Crippen LogP contribution is -2.59. The summed E-state index contributed by atoms with van der Waals surface area (Å²) in [5.41, 5.74) is 4.29. The molecule has 0 spiro atoms. The van der Waals surface area contributed by atoms with Crippen molar-refractivity contribution in [1.29, 1.82) is 0 Å². The highest BCUT2D eigenvalue weighted by Gasteiger charge is 2.28. The van der Waals surface area contributed by atoms with Gasteiger partial charge in [-0.3, -0.25) is 4.99 Å². The number of nitrogens with two attached hydrogens (primary N) is 1. The number of hydrogen-bond acceptors (Lipinski definition) is 4. The maximum atomic E-state index is 8.97. The molecule has 6 heteroatoms. The van der Waals surface area contributed by atoms with E-state index < -0.39 is 25.4 Å². The molecule has 0 saturated heterocycles. The molecule has 0 atom stereocenters. The second-order valence-corrected chi connectivity index (χ2v) is 3.49. The SMILES string of the molecule is CC(C)N=C(N)NC(CO)(CO)CO. The molecule has 0 bridgehead atoms. The van der Waals surface area contributed by atoms with Crippen LogP contribution in [0.3, 0.4) is 0 Å². The summed E-state index contributed by atoms with van der Waals surface area (Å²) in [5.74, 6) is 0.0946. The first kappa shape index (κ1) is 13.2. The summed E-state index contributed by atoms with van der Waals surface area (Å²) < 4.78 is 0. The highest BCUT2D eigenvalue weighted by Crippen LogP contribution is 2.00. The van der Waals surface area contributed by atoms with Crippen LogP contribution >= 0.6 is 0 Å². The summed E-state index contributed by atoms with van der Waals surface area (Å²) in [6, 6.07) is 0.0104. The molecule has 0 aromatic heterocycles. The molecule has 0 rings (SSSR count). The second kappa shape index (κ2) is 5.79. The van der Waals surface area contributed by atoms with E-state index in [0.29, 0.717) is 0 Å². The molecule has 0 amide bonds. The lowest BCUT2D eigenvalue weighted by Gasteiger charge is -2.29. The van der Waals surface area contributed by atoms with E-state index in [4.69, 9.17) is 21.1 Å². The van der Waals surface area contributed by atoms with Gasteiger partial charge in [0.15, 0.2) is 5.96 Å². The lowest BCUT2D eigenvalue weighted by atomic mass is 10.0. The van der Waals surface area contributed by atoms with Gasteiger partial charge in [-0.25, -0.2) is 0 Å². The molecule has 0 heterocycles. The van der Waals surface area contributed by atoms with Gasteiger partial charge in [-0.05, 0) is 13.8 Å². The first-order valence-electron chi connectivity index (χ1n) is 4.43. The monoisotopic (exact) mass is 205 g/mol. The number of rotatable bonds is 5. The summed E-state index contributed by atoms with van der Waals surface area (Å²) in [7, 11) is 0. The first-order valence-corrected chi connectivity index (χ1v) is 4.43. The Bertz CT molecular complexity index is 182. The van der Waals surface area contributed by atoms with Gasteiger partial charge < -0.3 is 26.4 Å². The zero-order chi connectivity index (χ0) is 11.2. The highest BCUT2D eigenvalue weighted by atomic mass is 16.3.